The summed E-state index contributed by atoms with van der Waals surface area (Å²) in [6, 6.07) is 5.87. The van der Waals surface area contributed by atoms with E-state index in [4.69, 9.17) is 5.73 Å². The van der Waals surface area contributed by atoms with E-state index in [2.05, 4.69) is 5.10 Å². The van der Waals surface area contributed by atoms with Crippen molar-refractivity contribution in [3.05, 3.63) is 41.7 Å². The third-order valence-electron chi connectivity index (χ3n) is 3.10. The molecule has 0 saturated carbocycles. The maximum Gasteiger partial charge on any atom is 0.269 e. The SMILES string of the molecule is Cn1ccc(CN2C(=O)c3cc(N)ccc3S2(=O)=O)n1. The number of amides is 1. The molecule has 2 aromatic rings. The molecule has 1 aliphatic rings. The molecule has 3 rings (SSSR count). The monoisotopic (exact) mass is 292 g/mol. The van der Waals surface area contributed by atoms with Crippen LogP contribution in [-0.2, 0) is 23.6 Å². The van der Waals surface area contributed by atoms with Crippen LogP contribution < -0.4 is 5.73 Å². The third kappa shape index (κ3) is 1.76. The van der Waals surface area contributed by atoms with E-state index in [9.17, 15) is 13.2 Å². The molecule has 1 aliphatic heterocycles. The molecular weight excluding hydrogens is 280 g/mol. The molecule has 2 N–H and O–H groups in total. The lowest BCUT2D eigenvalue weighted by molar-refractivity contribution is 0.0863. The molecule has 7 nitrogen and oxygen atoms in total. The zero-order valence-electron chi connectivity index (χ0n) is 10.6. The Labute approximate surface area is 115 Å². The highest BCUT2D eigenvalue weighted by atomic mass is 32.2. The molecule has 0 spiro atoms. The number of hydrogen-bond acceptors (Lipinski definition) is 5. The van der Waals surface area contributed by atoms with Crippen LogP contribution in [0.2, 0.25) is 0 Å². The van der Waals surface area contributed by atoms with Gasteiger partial charge in [0.15, 0.2) is 0 Å². The zero-order valence-corrected chi connectivity index (χ0v) is 11.5. The van der Waals surface area contributed by atoms with Gasteiger partial charge in [-0.1, -0.05) is 0 Å². The Kier molecular flexibility index (Phi) is 2.58. The van der Waals surface area contributed by atoms with Crippen LogP contribution in [-0.4, -0.2) is 28.4 Å². The standard InChI is InChI=1S/C12H12N4O3S/c1-15-5-4-9(14-15)7-16-12(17)10-6-8(13)2-3-11(10)20(16,18)19/h2-6H,7,13H2,1H3. The van der Waals surface area contributed by atoms with Gasteiger partial charge in [0.1, 0.15) is 4.90 Å². The van der Waals surface area contributed by atoms with Gasteiger partial charge >= 0.3 is 0 Å². The van der Waals surface area contributed by atoms with Gasteiger partial charge in [0, 0.05) is 18.9 Å². The number of aromatic nitrogens is 2. The van der Waals surface area contributed by atoms with Crippen LogP contribution in [0.15, 0.2) is 35.4 Å². The minimum absolute atomic E-state index is 0.00682. The smallest absolute Gasteiger partial charge is 0.269 e. The van der Waals surface area contributed by atoms with Gasteiger partial charge in [0.25, 0.3) is 15.9 Å². The fourth-order valence-electron chi connectivity index (χ4n) is 2.15. The van der Waals surface area contributed by atoms with E-state index in [1.807, 2.05) is 0 Å². The minimum atomic E-state index is -3.82. The van der Waals surface area contributed by atoms with Crippen LogP contribution in [0.1, 0.15) is 16.1 Å². The predicted octanol–water partition coefficient (Wildman–Crippen LogP) is 0.347. The highest BCUT2D eigenvalue weighted by molar-refractivity contribution is 7.90. The second-order valence-electron chi connectivity index (χ2n) is 4.55. The van der Waals surface area contributed by atoms with Gasteiger partial charge in [0.2, 0.25) is 0 Å². The van der Waals surface area contributed by atoms with Gasteiger partial charge in [0.05, 0.1) is 17.8 Å². The number of nitrogen functional groups attached to an aromatic ring is 1. The van der Waals surface area contributed by atoms with Crippen LogP contribution in [0.25, 0.3) is 0 Å². The van der Waals surface area contributed by atoms with Crippen molar-refractivity contribution in [1.82, 2.24) is 14.1 Å². The largest absolute Gasteiger partial charge is 0.399 e. The topological polar surface area (TPSA) is 98.3 Å². The number of carbonyl (C=O) groups excluding carboxylic acids is 1. The Morgan fingerprint density at radius 1 is 1.30 bits per heavy atom. The number of hydrogen-bond donors (Lipinski definition) is 1. The summed E-state index contributed by atoms with van der Waals surface area (Å²) in [7, 11) is -2.10. The molecule has 0 bridgehead atoms. The van der Waals surface area contributed by atoms with Crippen LogP contribution >= 0.6 is 0 Å². The van der Waals surface area contributed by atoms with Crippen LogP contribution in [0.4, 0.5) is 5.69 Å². The molecule has 2 heterocycles. The number of rotatable bonds is 2. The average Bonchev–Trinajstić information content (AvgIpc) is 2.86. The van der Waals surface area contributed by atoms with Crippen LogP contribution in [0.3, 0.4) is 0 Å². The van der Waals surface area contributed by atoms with Crippen molar-refractivity contribution in [1.29, 1.82) is 0 Å². The molecule has 0 saturated heterocycles. The van der Waals surface area contributed by atoms with Gasteiger partial charge in [-0.15, -0.1) is 0 Å². The van der Waals surface area contributed by atoms with E-state index >= 15 is 0 Å². The lowest BCUT2D eigenvalue weighted by Gasteiger charge is -2.13. The first kappa shape index (κ1) is 12.7. The molecule has 20 heavy (non-hydrogen) atoms. The average molecular weight is 292 g/mol. The highest BCUT2D eigenvalue weighted by Crippen LogP contribution is 2.32. The maximum atomic E-state index is 12.3. The third-order valence-corrected chi connectivity index (χ3v) is 4.89. The number of carbonyl (C=O) groups is 1. The summed E-state index contributed by atoms with van der Waals surface area (Å²) in [5.41, 5.74) is 6.57. The Morgan fingerprint density at radius 3 is 2.70 bits per heavy atom. The molecule has 0 fully saturated rings. The van der Waals surface area contributed by atoms with Crippen molar-refractivity contribution in [2.24, 2.45) is 7.05 Å². The van der Waals surface area contributed by atoms with Gasteiger partial charge < -0.3 is 5.73 Å². The summed E-state index contributed by atoms with van der Waals surface area (Å²) in [5, 5.41) is 4.09. The number of benzene rings is 1. The molecule has 1 aromatic carbocycles. The van der Waals surface area contributed by atoms with Crippen molar-refractivity contribution in [3.8, 4) is 0 Å². The summed E-state index contributed by atoms with van der Waals surface area (Å²) in [6.45, 7) is -0.0867. The second-order valence-corrected chi connectivity index (χ2v) is 6.38. The first-order valence-electron chi connectivity index (χ1n) is 5.85. The van der Waals surface area contributed by atoms with Crippen molar-refractivity contribution >= 4 is 21.6 Å². The van der Waals surface area contributed by atoms with Crippen LogP contribution in [0.5, 0.6) is 0 Å². The minimum Gasteiger partial charge on any atom is -0.399 e. The number of nitrogens with zero attached hydrogens (tertiary/aromatic N) is 3. The van der Waals surface area contributed by atoms with E-state index in [1.54, 1.807) is 24.0 Å². The molecular formula is C12H12N4O3S. The number of aryl methyl sites for hydroxylation is 1. The fourth-order valence-corrected chi connectivity index (χ4v) is 3.67. The van der Waals surface area contributed by atoms with Crippen molar-refractivity contribution in [3.63, 3.8) is 0 Å². The Balaban J connectivity index is 2.05. The summed E-state index contributed by atoms with van der Waals surface area (Å²) in [6.07, 6.45) is 1.69. The summed E-state index contributed by atoms with van der Waals surface area (Å²) in [5.74, 6) is -0.571. The van der Waals surface area contributed by atoms with E-state index in [1.165, 1.54) is 18.2 Å². The molecule has 1 amide bonds. The van der Waals surface area contributed by atoms with Crippen molar-refractivity contribution < 1.29 is 13.2 Å². The van der Waals surface area contributed by atoms with Gasteiger partial charge in [-0.3, -0.25) is 9.48 Å². The lowest BCUT2D eigenvalue weighted by atomic mass is 10.2. The molecule has 1 aromatic heterocycles. The summed E-state index contributed by atoms with van der Waals surface area (Å²) in [4.78, 5) is 12.2. The first-order chi connectivity index (χ1) is 9.39. The quantitative estimate of drug-likeness (QED) is 0.805. The van der Waals surface area contributed by atoms with Crippen molar-refractivity contribution in [2.45, 2.75) is 11.4 Å². The Morgan fingerprint density at radius 2 is 2.05 bits per heavy atom. The predicted molar refractivity (Wildman–Crippen MR) is 71.1 cm³/mol. The molecule has 0 radical (unpaired) electrons. The normalized spacial score (nSPS) is 16.4. The summed E-state index contributed by atoms with van der Waals surface area (Å²) < 4.78 is 27.1. The highest BCUT2D eigenvalue weighted by Gasteiger charge is 2.41. The maximum absolute atomic E-state index is 12.3. The Bertz CT molecular complexity index is 810. The van der Waals surface area contributed by atoms with Crippen LogP contribution in [0, 0.1) is 0 Å². The van der Waals surface area contributed by atoms with Gasteiger partial charge in [-0.2, -0.15) is 5.10 Å². The van der Waals surface area contributed by atoms with E-state index < -0.39 is 15.9 Å². The van der Waals surface area contributed by atoms with Crippen molar-refractivity contribution in [2.75, 3.05) is 5.73 Å². The van der Waals surface area contributed by atoms with E-state index in [0.717, 1.165) is 4.31 Å². The van der Waals surface area contributed by atoms with Gasteiger partial charge in [-0.25, -0.2) is 12.7 Å². The molecule has 0 aliphatic carbocycles. The molecule has 8 heteroatoms. The zero-order chi connectivity index (χ0) is 14.5. The van der Waals surface area contributed by atoms with Gasteiger partial charge in [-0.05, 0) is 24.3 Å². The Hall–Kier alpha value is -2.35. The second kappa shape index (κ2) is 4.07. The number of fused-ring (bicyclic) bond motifs is 1. The van der Waals surface area contributed by atoms with E-state index in [0.29, 0.717) is 11.4 Å². The summed E-state index contributed by atoms with van der Waals surface area (Å²) >= 11 is 0. The van der Waals surface area contributed by atoms with E-state index in [-0.39, 0.29) is 17.0 Å². The number of anilines is 1. The molecule has 0 unspecified atom stereocenters. The number of sulfonamides is 1. The fraction of sp³-hybridized carbons (Fsp3) is 0.167. The lowest BCUT2D eigenvalue weighted by Crippen LogP contribution is -2.29. The molecule has 0 atom stereocenters. The first-order valence-corrected chi connectivity index (χ1v) is 7.29. The number of nitrogens with two attached hydrogens (primary N) is 1. The molecule has 104 valence electrons.